The van der Waals surface area contributed by atoms with Crippen LogP contribution in [0, 0.1) is 11.8 Å². The number of morpholine rings is 1. The molecule has 0 atom stereocenters. The van der Waals surface area contributed by atoms with Gasteiger partial charge in [-0.05, 0) is 82.9 Å². The zero-order valence-electron chi connectivity index (χ0n) is 39.1. The number of anilines is 6. The Morgan fingerprint density at radius 3 is 1.57 bits per heavy atom. The van der Waals surface area contributed by atoms with E-state index in [1.165, 1.54) is 6.07 Å². The molecule has 5 heterocycles. The summed E-state index contributed by atoms with van der Waals surface area (Å²) in [7, 11) is -6.22. The van der Waals surface area contributed by atoms with Crippen LogP contribution < -0.4 is 31.1 Å². The summed E-state index contributed by atoms with van der Waals surface area (Å²) in [6, 6.07) is 7.81. The van der Waals surface area contributed by atoms with Crippen molar-refractivity contribution in [3.05, 3.63) is 58.9 Å². The minimum Gasteiger partial charge on any atom is -0.383 e. The van der Waals surface area contributed by atoms with Crippen LogP contribution in [0.2, 0.25) is 0 Å². The maximum Gasteiger partial charge on any atom is 0.367 e. The van der Waals surface area contributed by atoms with Gasteiger partial charge in [0.1, 0.15) is 0 Å². The zero-order valence-corrected chi connectivity index (χ0v) is 42.4. The first kappa shape index (κ1) is 51.2. The van der Waals surface area contributed by atoms with Gasteiger partial charge in [-0.1, -0.05) is 58.6 Å². The Morgan fingerprint density at radius 1 is 0.662 bits per heavy atom. The van der Waals surface area contributed by atoms with Crippen molar-refractivity contribution in [3.63, 3.8) is 0 Å². The standard InChI is InChI=1S/C42H44N16O12S4/c1-57(2)23-11-13-27(25(19-23)31(59)21-7-3-4-8-21)43-37(63)47-39-45-29(35(71-39)73(65,66)41-49-53-54-50-41)33(61)70-34(62)30-36(74(67,68)42-51-55-56-52-42)72-40(46-30)48-38(64)44-28-14-12-24(58-15-17-69-18-16-58)20-26(28)32(60)22-9-5-6-10-22/h11-14,19-22H,3-10,15-18H2,1-2H3,(H2,43,45,47,63)(H2,44,46,48,64)(H,49,50,53,54)(H,51,52,55,56). The van der Waals surface area contributed by atoms with Gasteiger partial charge in [-0.15, -0.1) is 0 Å². The van der Waals surface area contributed by atoms with Crippen LogP contribution in [0.25, 0.3) is 0 Å². The van der Waals surface area contributed by atoms with Crippen LogP contribution in [-0.2, 0) is 29.1 Å². The number of hydrogen-bond donors (Lipinski definition) is 6. The summed E-state index contributed by atoms with van der Waals surface area (Å²) in [5.74, 6) is -4.42. The van der Waals surface area contributed by atoms with Crippen molar-refractivity contribution in [1.82, 2.24) is 51.2 Å². The molecule has 388 valence electrons. The summed E-state index contributed by atoms with van der Waals surface area (Å²) in [4.78, 5) is 94.4. The highest BCUT2D eigenvalue weighted by Gasteiger charge is 2.38. The van der Waals surface area contributed by atoms with E-state index >= 15 is 0 Å². The predicted octanol–water partition coefficient (Wildman–Crippen LogP) is 4.23. The van der Waals surface area contributed by atoms with E-state index in [1.807, 2.05) is 4.90 Å². The Morgan fingerprint density at radius 2 is 1.12 bits per heavy atom. The van der Waals surface area contributed by atoms with Crippen molar-refractivity contribution in [2.24, 2.45) is 11.8 Å². The molecule has 0 spiro atoms. The van der Waals surface area contributed by atoms with E-state index in [0.717, 1.165) is 31.4 Å². The number of ether oxygens (including phenoxy) is 2. The number of aromatic amines is 2. The number of carbonyl (C=O) groups excluding carboxylic acids is 6. The van der Waals surface area contributed by atoms with Crippen LogP contribution in [0.5, 0.6) is 0 Å². The summed E-state index contributed by atoms with van der Waals surface area (Å²) < 4.78 is 64.0. The first-order valence-electron chi connectivity index (χ1n) is 22.8. The number of ketones is 2. The Labute approximate surface area is 427 Å². The van der Waals surface area contributed by atoms with Gasteiger partial charge in [-0.25, -0.2) is 56.2 Å². The fourth-order valence-electron chi connectivity index (χ4n) is 8.53. The van der Waals surface area contributed by atoms with Gasteiger partial charge in [0.05, 0.1) is 24.6 Å². The number of nitrogens with one attached hydrogen (secondary N) is 6. The maximum atomic E-state index is 14.0. The molecule has 1 saturated heterocycles. The molecule has 28 nitrogen and oxygen atoms in total. The number of benzene rings is 2. The van der Waals surface area contributed by atoms with Gasteiger partial charge < -0.3 is 29.9 Å². The second-order valence-corrected chi connectivity index (χ2v) is 23.3. The number of aromatic nitrogens is 10. The number of sulfone groups is 2. The molecule has 3 fully saturated rings. The average molecular weight is 1090 g/mol. The van der Waals surface area contributed by atoms with Crippen LogP contribution >= 0.6 is 22.7 Å². The Bertz CT molecular complexity index is 3360. The number of urea groups is 2. The van der Waals surface area contributed by atoms with Gasteiger partial charge in [0.25, 0.3) is 30.0 Å². The van der Waals surface area contributed by atoms with E-state index < -0.39 is 84.1 Å². The van der Waals surface area contributed by atoms with Crippen LogP contribution in [0.15, 0.2) is 55.1 Å². The molecule has 32 heteroatoms. The second-order valence-electron chi connectivity index (χ2n) is 17.2. The number of esters is 2. The number of amides is 4. The normalized spacial score (nSPS) is 15.4. The molecule has 9 rings (SSSR count). The highest BCUT2D eigenvalue weighted by Crippen LogP contribution is 2.37. The highest BCUT2D eigenvalue weighted by atomic mass is 32.2. The number of thiazole rings is 2. The third kappa shape index (κ3) is 10.8. The molecular weight excluding hydrogens is 1050 g/mol. The molecule has 2 saturated carbocycles. The van der Waals surface area contributed by atoms with Crippen LogP contribution in [0.3, 0.4) is 0 Å². The average Bonchev–Trinajstić information content (AvgIpc) is 4.24. The quantitative estimate of drug-likeness (QED) is 0.0448. The number of tetrazole rings is 2. The molecule has 0 bridgehead atoms. The van der Waals surface area contributed by atoms with E-state index in [-0.39, 0.29) is 68.6 Å². The molecule has 74 heavy (non-hydrogen) atoms. The predicted molar refractivity (Wildman–Crippen MR) is 261 cm³/mol. The molecule has 0 radical (unpaired) electrons. The monoisotopic (exact) mass is 1090 g/mol. The lowest BCUT2D eigenvalue weighted by Crippen LogP contribution is -2.36. The van der Waals surface area contributed by atoms with Crippen molar-refractivity contribution in [1.29, 1.82) is 0 Å². The zero-order chi connectivity index (χ0) is 52.3. The van der Waals surface area contributed by atoms with Gasteiger partial charge >= 0.3 is 24.0 Å². The van der Waals surface area contributed by atoms with Crippen molar-refractivity contribution < 1.29 is 55.1 Å². The summed E-state index contributed by atoms with van der Waals surface area (Å²) in [5.41, 5.74) is 0.0153. The summed E-state index contributed by atoms with van der Waals surface area (Å²) in [6.07, 6.45) is 6.22. The summed E-state index contributed by atoms with van der Waals surface area (Å²) in [6.45, 7) is 2.15. The highest BCUT2D eigenvalue weighted by molar-refractivity contribution is 7.93. The van der Waals surface area contributed by atoms with E-state index in [4.69, 9.17) is 9.47 Å². The van der Waals surface area contributed by atoms with Crippen LogP contribution in [0.1, 0.15) is 93.1 Å². The Hall–Kier alpha value is -7.68. The van der Waals surface area contributed by atoms with E-state index in [9.17, 15) is 45.6 Å². The van der Waals surface area contributed by atoms with Crippen molar-refractivity contribution >= 4 is 111 Å². The number of rotatable bonds is 16. The Balaban J connectivity index is 0.985. The van der Waals surface area contributed by atoms with Gasteiger partial charge in [0.15, 0.2) is 41.6 Å². The summed E-state index contributed by atoms with van der Waals surface area (Å²) in [5, 5.41) is 31.1. The lowest BCUT2D eigenvalue weighted by atomic mass is 9.94. The largest absolute Gasteiger partial charge is 0.383 e. The van der Waals surface area contributed by atoms with Crippen LogP contribution in [0.4, 0.5) is 42.6 Å². The summed E-state index contributed by atoms with van der Waals surface area (Å²) >= 11 is 0.474. The molecule has 4 aromatic heterocycles. The molecule has 2 aliphatic carbocycles. The Kier molecular flexibility index (Phi) is 14.8. The van der Waals surface area contributed by atoms with Gasteiger partial charge in [0.2, 0.25) is 0 Å². The fraction of sp³-hybridized carbons (Fsp3) is 0.381. The maximum absolute atomic E-state index is 14.0. The van der Waals surface area contributed by atoms with Crippen molar-refractivity contribution in [2.45, 2.75) is 70.1 Å². The molecule has 6 aromatic rings. The molecule has 0 unspecified atom stereocenters. The van der Waals surface area contributed by atoms with Gasteiger partial charge in [0, 0.05) is 61.5 Å². The van der Waals surface area contributed by atoms with Gasteiger partial charge in [-0.3, -0.25) is 20.2 Å². The number of hydrogen-bond acceptors (Lipinski definition) is 24. The molecule has 4 amide bonds. The number of nitrogens with zero attached hydrogens (tertiary/aromatic N) is 10. The second kappa shape index (κ2) is 21.4. The number of carbonyl (C=O) groups is 6. The SMILES string of the molecule is CN(C)c1ccc(NC(=O)Nc2nc(C(=O)OC(=O)c3nc(NC(=O)Nc4ccc(N5CCOCC5)cc4C(=O)C4CCCC4)sc3S(=O)(=O)c3nnn[nH]3)c(S(=O)(=O)c3nnn[nH]3)s2)c(C(=O)C2CCCC2)c1. The number of H-pyrrole nitrogens is 2. The minimum absolute atomic E-state index is 0.131. The van der Waals surface area contributed by atoms with Crippen LogP contribution in [-0.4, -0.2) is 144 Å². The van der Waals surface area contributed by atoms with E-state index in [2.05, 4.69) is 72.5 Å². The lowest BCUT2D eigenvalue weighted by molar-refractivity contribution is 0.0384. The first-order valence-corrected chi connectivity index (χ1v) is 27.4. The first-order chi connectivity index (χ1) is 35.5. The topological polar surface area (TPSA) is 378 Å². The molecule has 6 N–H and O–H groups in total. The third-order valence-electron chi connectivity index (χ3n) is 12.2. The smallest absolute Gasteiger partial charge is 0.367 e. The van der Waals surface area contributed by atoms with Crippen molar-refractivity contribution in [3.8, 4) is 0 Å². The number of Topliss-reactive ketones (excluding diaryl/α,β-unsaturated/α-hetero) is 2. The molecule has 2 aromatic carbocycles. The van der Waals surface area contributed by atoms with Crippen molar-refractivity contribution in [2.75, 3.05) is 71.5 Å². The molecular formula is C42H44N16O12S4. The van der Waals surface area contributed by atoms with Gasteiger partial charge in [-0.2, -0.15) is 0 Å². The lowest BCUT2D eigenvalue weighted by Gasteiger charge is -2.29. The van der Waals surface area contributed by atoms with E-state index in [1.54, 1.807) is 49.3 Å². The third-order valence-corrected chi connectivity index (χ3v) is 18.3. The van der Waals surface area contributed by atoms with E-state index in [0.29, 0.717) is 57.7 Å². The minimum atomic E-state index is -4.90. The molecule has 3 aliphatic rings. The molecule has 1 aliphatic heterocycles. The fourth-order valence-corrected chi connectivity index (χ4v) is 13.4.